The maximum atomic E-state index is 5.59. The topological polar surface area (TPSA) is 35.0 Å². The molecule has 0 atom stereocenters. The highest BCUT2D eigenvalue weighted by Gasteiger charge is 2.02. The number of halogens is 1. The van der Waals surface area contributed by atoms with Gasteiger partial charge in [0, 0.05) is 25.3 Å². The molecule has 0 radical (unpaired) electrons. The first kappa shape index (κ1) is 10.9. The SMILES string of the molecule is CCOCCc1nnc(CCCl)s1. The standard InChI is InChI=1S/C8H13ClN2OS/c1-2-12-6-4-8-11-10-7(13-8)3-5-9/h2-6H2,1H3. The molecule has 1 heterocycles. The highest BCUT2D eigenvalue weighted by Crippen LogP contribution is 2.11. The third kappa shape index (κ3) is 4.02. The predicted molar refractivity (Wildman–Crippen MR) is 54.5 cm³/mol. The van der Waals surface area contributed by atoms with Crippen molar-refractivity contribution < 1.29 is 4.74 Å². The second-order valence-corrected chi connectivity index (χ2v) is 4.00. The molecule has 0 unspecified atom stereocenters. The van der Waals surface area contributed by atoms with Crippen molar-refractivity contribution in [3.8, 4) is 0 Å². The van der Waals surface area contributed by atoms with Gasteiger partial charge in [-0.2, -0.15) is 0 Å². The number of aryl methyl sites for hydroxylation is 1. The molecule has 0 aliphatic heterocycles. The fourth-order valence-electron chi connectivity index (χ4n) is 0.875. The fraction of sp³-hybridized carbons (Fsp3) is 0.750. The summed E-state index contributed by atoms with van der Waals surface area (Å²) in [6, 6.07) is 0. The zero-order valence-electron chi connectivity index (χ0n) is 7.62. The summed E-state index contributed by atoms with van der Waals surface area (Å²) in [5.74, 6) is 0.611. The van der Waals surface area contributed by atoms with Crippen molar-refractivity contribution in [2.75, 3.05) is 19.1 Å². The molecule has 5 heteroatoms. The normalized spacial score (nSPS) is 10.6. The van der Waals surface area contributed by atoms with Crippen molar-refractivity contribution in [2.45, 2.75) is 19.8 Å². The molecule has 3 nitrogen and oxygen atoms in total. The van der Waals surface area contributed by atoms with Crippen molar-refractivity contribution >= 4 is 22.9 Å². The molecule has 0 aliphatic rings. The van der Waals surface area contributed by atoms with Gasteiger partial charge in [-0.3, -0.25) is 0 Å². The van der Waals surface area contributed by atoms with Gasteiger partial charge in [0.05, 0.1) is 6.61 Å². The number of ether oxygens (including phenoxy) is 1. The van der Waals surface area contributed by atoms with Crippen molar-refractivity contribution in [3.05, 3.63) is 10.0 Å². The van der Waals surface area contributed by atoms with Gasteiger partial charge in [0.2, 0.25) is 0 Å². The van der Waals surface area contributed by atoms with Gasteiger partial charge < -0.3 is 4.74 Å². The van der Waals surface area contributed by atoms with Crippen LogP contribution in [0, 0.1) is 0 Å². The molecule has 0 amide bonds. The third-order valence-electron chi connectivity index (χ3n) is 1.48. The Labute approximate surface area is 87.1 Å². The molecule has 0 aliphatic carbocycles. The molecule has 1 rings (SSSR count). The first-order valence-electron chi connectivity index (χ1n) is 4.31. The second-order valence-electron chi connectivity index (χ2n) is 2.48. The Kier molecular flexibility index (Phi) is 5.27. The van der Waals surface area contributed by atoms with E-state index < -0.39 is 0 Å². The van der Waals surface area contributed by atoms with Gasteiger partial charge in [-0.1, -0.05) is 0 Å². The molecule has 74 valence electrons. The second kappa shape index (κ2) is 6.29. The van der Waals surface area contributed by atoms with E-state index in [-0.39, 0.29) is 0 Å². The average Bonchev–Trinajstić information content (AvgIpc) is 2.54. The van der Waals surface area contributed by atoms with Crippen LogP contribution in [0.15, 0.2) is 0 Å². The largest absolute Gasteiger partial charge is 0.381 e. The lowest BCUT2D eigenvalue weighted by atomic mass is 10.5. The molecule has 0 saturated carbocycles. The fourth-order valence-corrected chi connectivity index (χ4v) is 1.99. The molecule has 1 aromatic rings. The van der Waals surface area contributed by atoms with Crippen molar-refractivity contribution in [2.24, 2.45) is 0 Å². The van der Waals surface area contributed by atoms with Crippen LogP contribution in [0.2, 0.25) is 0 Å². The summed E-state index contributed by atoms with van der Waals surface area (Å²) < 4.78 is 5.22. The quantitative estimate of drug-likeness (QED) is 0.543. The minimum atomic E-state index is 0.611. The lowest BCUT2D eigenvalue weighted by molar-refractivity contribution is 0.150. The van der Waals surface area contributed by atoms with Crippen molar-refractivity contribution in [3.63, 3.8) is 0 Å². The highest BCUT2D eigenvalue weighted by molar-refractivity contribution is 7.11. The van der Waals surface area contributed by atoms with Gasteiger partial charge in [-0.25, -0.2) is 0 Å². The lowest BCUT2D eigenvalue weighted by Gasteiger charge is -1.95. The Morgan fingerprint density at radius 3 is 2.62 bits per heavy atom. The van der Waals surface area contributed by atoms with E-state index in [9.17, 15) is 0 Å². The van der Waals surface area contributed by atoms with E-state index in [2.05, 4.69) is 10.2 Å². The number of hydrogen-bond acceptors (Lipinski definition) is 4. The number of alkyl halides is 1. The van der Waals surface area contributed by atoms with E-state index in [1.807, 2.05) is 6.92 Å². The predicted octanol–water partition coefficient (Wildman–Crippen LogP) is 1.90. The average molecular weight is 221 g/mol. The van der Waals surface area contributed by atoms with Gasteiger partial charge in [0.1, 0.15) is 10.0 Å². The zero-order valence-corrected chi connectivity index (χ0v) is 9.20. The molecule has 0 aromatic carbocycles. The first-order valence-corrected chi connectivity index (χ1v) is 5.67. The van der Waals surface area contributed by atoms with E-state index in [0.717, 1.165) is 36.1 Å². The van der Waals surface area contributed by atoms with Crippen molar-refractivity contribution in [1.82, 2.24) is 10.2 Å². The number of nitrogens with zero attached hydrogens (tertiary/aromatic N) is 2. The van der Waals surface area contributed by atoms with E-state index in [1.54, 1.807) is 11.3 Å². The van der Waals surface area contributed by atoms with Gasteiger partial charge in [0.15, 0.2) is 0 Å². The smallest absolute Gasteiger partial charge is 0.119 e. The van der Waals surface area contributed by atoms with E-state index in [1.165, 1.54) is 0 Å². The Balaban J connectivity index is 2.31. The minimum absolute atomic E-state index is 0.611. The Bertz CT molecular complexity index is 242. The molecule has 0 N–H and O–H groups in total. The summed E-state index contributed by atoms with van der Waals surface area (Å²) in [7, 11) is 0. The van der Waals surface area contributed by atoms with Crippen LogP contribution in [0.25, 0.3) is 0 Å². The van der Waals surface area contributed by atoms with Crippen LogP contribution in [0.5, 0.6) is 0 Å². The molecular formula is C8H13ClN2OS. The lowest BCUT2D eigenvalue weighted by Crippen LogP contribution is -1.97. The summed E-state index contributed by atoms with van der Waals surface area (Å²) in [6.07, 6.45) is 1.67. The van der Waals surface area contributed by atoms with Crippen LogP contribution in [-0.2, 0) is 17.6 Å². The van der Waals surface area contributed by atoms with Crippen LogP contribution in [0.3, 0.4) is 0 Å². The van der Waals surface area contributed by atoms with Crippen LogP contribution in [0.4, 0.5) is 0 Å². The molecule has 0 bridgehead atoms. The van der Waals surface area contributed by atoms with Crippen LogP contribution < -0.4 is 0 Å². The summed E-state index contributed by atoms with van der Waals surface area (Å²) in [5, 5.41) is 10.1. The summed E-state index contributed by atoms with van der Waals surface area (Å²) >= 11 is 7.21. The molecule has 0 spiro atoms. The maximum Gasteiger partial charge on any atom is 0.119 e. The summed E-state index contributed by atoms with van der Waals surface area (Å²) in [6.45, 7) is 3.47. The Morgan fingerprint density at radius 2 is 2.00 bits per heavy atom. The summed E-state index contributed by atoms with van der Waals surface area (Å²) in [5.41, 5.74) is 0. The van der Waals surface area contributed by atoms with Crippen LogP contribution in [-0.4, -0.2) is 29.3 Å². The van der Waals surface area contributed by atoms with Gasteiger partial charge in [-0.05, 0) is 6.92 Å². The Hall–Kier alpha value is -0.190. The van der Waals surface area contributed by atoms with Crippen LogP contribution >= 0.6 is 22.9 Å². The monoisotopic (exact) mass is 220 g/mol. The van der Waals surface area contributed by atoms with E-state index >= 15 is 0 Å². The number of hydrogen-bond donors (Lipinski definition) is 0. The van der Waals surface area contributed by atoms with E-state index in [4.69, 9.17) is 16.3 Å². The minimum Gasteiger partial charge on any atom is -0.381 e. The number of rotatable bonds is 6. The molecule has 1 aromatic heterocycles. The summed E-state index contributed by atoms with van der Waals surface area (Å²) in [4.78, 5) is 0. The Morgan fingerprint density at radius 1 is 1.31 bits per heavy atom. The van der Waals surface area contributed by atoms with Crippen LogP contribution in [0.1, 0.15) is 16.9 Å². The first-order chi connectivity index (χ1) is 6.36. The highest BCUT2D eigenvalue weighted by atomic mass is 35.5. The zero-order chi connectivity index (χ0) is 9.52. The van der Waals surface area contributed by atoms with Gasteiger partial charge in [-0.15, -0.1) is 33.1 Å². The molecule has 0 fully saturated rings. The maximum absolute atomic E-state index is 5.59. The molecular weight excluding hydrogens is 208 g/mol. The molecule has 0 saturated heterocycles. The van der Waals surface area contributed by atoms with E-state index in [0.29, 0.717) is 5.88 Å². The molecule has 13 heavy (non-hydrogen) atoms. The van der Waals surface area contributed by atoms with Gasteiger partial charge >= 0.3 is 0 Å². The van der Waals surface area contributed by atoms with Crippen molar-refractivity contribution in [1.29, 1.82) is 0 Å². The third-order valence-corrected chi connectivity index (χ3v) is 2.71. The number of aromatic nitrogens is 2. The van der Waals surface area contributed by atoms with Gasteiger partial charge in [0.25, 0.3) is 0 Å².